The molecule has 2 aromatic heterocycles. The summed E-state index contributed by atoms with van der Waals surface area (Å²) in [6.45, 7) is 3.60. The third-order valence-corrected chi connectivity index (χ3v) is 7.22. The first-order chi connectivity index (χ1) is 18.8. The number of nitrogens with zero attached hydrogens (tertiary/aromatic N) is 2. The summed E-state index contributed by atoms with van der Waals surface area (Å²) in [5.74, 6) is -0.621. The number of benzene rings is 2. The normalized spacial score (nSPS) is 15.1. The van der Waals surface area contributed by atoms with Crippen molar-refractivity contribution in [3.63, 3.8) is 0 Å². The number of aromatic nitrogens is 1. The van der Waals surface area contributed by atoms with Gasteiger partial charge in [-0.1, -0.05) is 47.7 Å². The van der Waals surface area contributed by atoms with Crippen molar-refractivity contribution < 1.29 is 28.6 Å². The predicted octanol–water partition coefficient (Wildman–Crippen LogP) is 2.43. The van der Waals surface area contributed by atoms with E-state index in [1.165, 1.54) is 10.6 Å². The second-order valence-electron chi connectivity index (χ2n) is 8.61. The number of aromatic carboxylic acids is 1. The van der Waals surface area contributed by atoms with Crippen LogP contribution < -0.4 is 24.7 Å². The Kier molecular flexibility index (Phi) is 7.03. The minimum absolute atomic E-state index is 0.00182. The number of carbonyl (C=O) groups excluding carboxylic acids is 2. The van der Waals surface area contributed by atoms with Crippen LogP contribution in [0.5, 0.6) is 5.75 Å². The summed E-state index contributed by atoms with van der Waals surface area (Å²) >= 11 is 1.16. The highest BCUT2D eigenvalue weighted by molar-refractivity contribution is 7.07. The molecule has 0 amide bonds. The van der Waals surface area contributed by atoms with Crippen LogP contribution in [0.15, 0.2) is 86.1 Å². The van der Waals surface area contributed by atoms with E-state index < -0.39 is 18.0 Å². The fourth-order valence-electron chi connectivity index (χ4n) is 4.50. The Balaban J connectivity index is 1.65. The number of ether oxygens (including phenoxy) is 2. The summed E-state index contributed by atoms with van der Waals surface area (Å²) in [6.07, 6.45) is 1.57. The van der Waals surface area contributed by atoms with Crippen molar-refractivity contribution in [2.75, 3.05) is 13.7 Å². The van der Waals surface area contributed by atoms with E-state index in [0.29, 0.717) is 43.4 Å². The molecule has 1 atom stereocenters. The van der Waals surface area contributed by atoms with Crippen LogP contribution in [0.25, 0.3) is 17.4 Å². The lowest BCUT2D eigenvalue weighted by Gasteiger charge is -2.24. The lowest BCUT2D eigenvalue weighted by molar-refractivity contribution is -0.255. The summed E-state index contributed by atoms with van der Waals surface area (Å²) in [7, 11) is 1.54. The Hall–Kier alpha value is -4.70. The summed E-state index contributed by atoms with van der Waals surface area (Å²) in [5.41, 5.74) is 1.38. The molecule has 39 heavy (non-hydrogen) atoms. The number of fused-ring (bicyclic) bond motifs is 1. The van der Waals surface area contributed by atoms with Gasteiger partial charge in [-0.25, -0.2) is 9.79 Å². The van der Waals surface area contributed by atoms with Gasteiger partial charge in [-0.3, -0.25) is 9.36 Å². The highest BCUT2D eigenvalue weighted by Crippen LogP contribution is 2.32. The van der Waals surface area contributed by atoms with E-state index in [-0.39, 0.29) is 23.3 Å². The molecule has 1 aliphatic rings. The zero-order chi connectivity index (χ0) is 27.7. The molecule has 9 nitrogen and oxygen atoms in total. The lowest BCUT2D eigenvalue weighted by atomic mass is 9.95. The maximum absolute atomic E-state index is 13.8. The molecule has 2 aromatic carbocycles. The molecule has 10 heteroatoms. The quantitative estimate of drug-likeness (QED) is 0.328. The maximum Gasteiger partial charge on any atom is 0.338 e. The molecule has 1 aliphatic heterocycles. The van der Waals surface area contributed by atoms with Gasteiger partial charge < -0.3 is 23.8 Å². The molecular weight excluding hydrogens is 520 g/mol. The van der Waals surface area contributed by atoms with Crippen molar-refractivity contribution in [1.82, 2.24) is 4.57 Å². The number of carboxylic acid groups (broad SMARTS) is 1. The summed E-state index contributed by atoms with van der Waals surface area (Å²) in [6, 6.07) is 16.0. The molecule has 4 aromatic rings. The minimum Gasteiger partial charge on any atom is -0.545 e. The molecule has 0 aliphatic carbocycles. The van der Waals surface area contributed by atoms with E-state index in [2.05, 4.69) is 4.99 Å². The van der Waals surface area contributed by atoms with E-state index in [1.807, 2.05) is 6.07 Å². The number of furan rings is 1. The molecule has 3 heterocycles. The Morgan fingerprint density at radius 2 is 1.95 bits per heavy atom. The molecule has 0 radical (unpaired) electrons. The van der Waals surface area contributed by atoms with Crippen molar-refractivity contribution in [3.05, 3.63) is 109 Å². The van der Waals surface area contributed by atoms with Gasteiger partial charge in [-0.05, 0) is 43.7 Å². The number of carboxylic acids is 1. The smallest absolute Gasteiger partial charge is 0.338 e. The van der Waals surface area contributed by atoms with Gasteiger partial charge in [-0.2, -0.15) is 0 Å². The van der Waals surface area contributed by atoms with Gasteiger partial charge in [0, 0.05) is 17.2 Å². The molecule has 198 valence electrons. The zero-order valence-electron chi connectivity index (χ0n) is 21.3. The van der Waals surface area contributed by atoms with Gasteiger partial charge in [0.2, 0.25) is 0 Å². The second kappa shape index (κ2) is 10.6. The van der Waals surface area contributed by atoms with Crippen LogP contribution in [0, 0.1) is 0 Å². The van der Waals surface area contributed by atoms with Gasteiger partial charge in [0.05, 0.1) is 41.5 Å². The highest BCUT2D eigenvalue weighted by atomic mass is 32.1. The van der Waals surface area contributed by atoms with E-state index in [9.17, 15) is 19.5 Å². The number of carbonyl (C=O) groups is 2. The SMILES string of the molecule is CCOC(=O)C1=C(C)N=c2sc(=Cc3ccc(-c4ccccc4C(=O)[O-])o3)c(=O)n2[C@H]1c1cccc(OC)c1. The number of allylic oxidation sites excluding steroid dienone is 1. The van der Waals surface area contributed by atoms with Crippen LogP contribution in [0.2, 0.25) is 0 Å². The summed E-state index contributed by atoms with van der Waals surface area (Å²) in [4.78, 5) is 43.3. The second-order valence-corrected chi connectivity index (χ2v) is 9.62. The number of rotatable bonds is 7. The fraction of sp³-hybridized carbons (Fsp3) is 0.172. The highest BCUT2D eigenvalue weighted by Gasteiger charge is 2.33. The molecule has 0 fully saturated rings. The first-order valence-corrected chi connectivity index (χ1v) is 12.9. The van der Waals surface area contributed by atoms with Crippen molar-refractivity contribution in [2.45, 2.75) is 19.9 Å². The largest absolute Gasteiger partial charge is 0.545 e. The van der Waals surface area contributed by atoms with Crippen molar-refractivity contribution in [2.24, 2.45) is 4.99 Å². The van der Waals surface area contributed by atoms with Crippen LogP contribution >= 0.6 is 11.3 Å². The first kappa shape index (κ1) is 25.9. The first-order valence-electron chi connectivity index (χ1n) is 12.1. The van der Waals surface area contributed by atoms with Gasteiger partial charge in [-0.15, -0.1) is 0 Å². The lowest BCUT2D eigenvalue weighted by Crippen LogP contribution is -2.39. The number of esters is 1. The van der Waals surface area contributed by atoms with Crippen molar-refractivity contribution in [1.29, 1.82) is 0 Å². The Labute approximate surface area is 226 Å². The summed E-state index contributed by atoms with van der Waals surface area (Å²) < 4.78 is 18.4. The average Bonchev–Trinajstić information content (AvgIpc) is 3.52. The standard InChI is InChI=1S/C29H24N2O7S/c1-4-37-28(35)24-16(2)30-29-31(25(24)17-8-7-9-18(14-17)36-3)26(32)23(39-29)15-19-12-13-22(38-19)20-10-5-6-11-21(20)27(33)34/h5-15,25H,4H2,1-3H3,(H,33,34)/p-1/t25-/m0/s1. The number of thiazole rings is 1. The topological polar surface area (TPSA) is 123 Å². The van der Waals surface area contributed by atoms with Crippen molar-refractivity contribution >= 4 is 29.4 Å². The molecule has 0 saturated carbocycles. The zero-order valence-corrected chi connectivity index (χ0v) is 22.1. The molecule has 0 spiro atoms. The maximum atomic E-state index is 13.8. The monoisotopic (exact) mass is 543 g/mol. The average molecular weight is 544 g/mol. The van der Waals surface area contributed by atoms with Crippen LogP contribution in [-0.2, 0) is 9.53 Å². The van der Waals surface area contributed by atoms with E-state index >= 15 is 0 Å². The fourth-order valence-corrected chi connectivity index (χ4v) is 5.53. The van der Waals surface area contributed by atoms with Gasteiger partial charge in [0.15, 0.2) is 4.80 Å². The molecular formula is C29H23N2O7S-. The number of methoxy groups -OCH3 is 1. The summed E-state index contributed by atoms with van der Waals surface area (Å²) in [5, 5.41) is 11.5. The van der Waals surface area contributed by atoms with Gasteiger partial charge in [0.25, 0.3) is 5.56 Å². The number of hydrogen-bond acceptors (Lipinski definition) is 9. The number of hydrogen-bond donors (Lipinski definition) is 0. The Bertz CT molecular complexity index is 1810. The third-order valence-electron chi connectivity index (χ3n) is 6.24. The van der Waals surface area contributed by atoms with Crippen LogP contribution in [0.4, 0.5) is 0 Å². The van der Waals surface area contributed by atoms with Gasteiger partial charge >= 0.3 is 5.97 Å². The van der Waals surface area contributed by atoms with E-state index in [4.69, 9.17) is 13.9 Å². The molecule has 0 bridgehead atoms. The molecule has 0 saturated heterocycles. The van der Waals surface area contributed by atoms with Gasteiger partial charge in [0.1, 0.15) is 17.3 Å². The van der Waals surface area contributed by atoms with Crippen LogP contribution in [0.3, 0.4) is 0 Å². The third kappa shape index (κ3) is 4.82. The molecule has 0 N–H and O–H groups in total. The minimum atomic E-state index is -1.32. The van der Waals surface area contributed by atoms with Crippen LogP contribution in [-0.4, -0.2) is 30.2 Å². The van der Waals surface area contributed by atoms with Crippen LogP contribution in [0.1, 0.15) is 41.6 Å². The van der Waals surface area contributed by atoms with E-state index in [0.717, 1.165) is 11.3 Å². The van der Waals surface area contributed by atoms with Crippen molar-refractivity contribution in [3.8, 4) is 17.1 Å². The Morgan fingerprint density at radius 1 is 1.15 bits per heavy atom. The molecule has 0 unspecified atom stereocenters. The molecule has 5 rings (SSSR count). The Morgan fingerprint density at radius 3 is 2.69 bits per heavy atom. The predicted molar refractivity (Wildman–Crippen MR) is 142 cm³/mol. The van der Waals surface area contributed by atoms with E-state index in [1.54, 1.807) is 75.6 Å².